The molecule has 1 aromatic rings. The first-order valence-electron chi connectivity index (χ1n) is 3.30. The Labute approximate surface area is 78.7 Å². The summed E-state index contributed by atoms with van der Waals surface area (Å²) in [6.45, 7) is 3.54. The molecule has 6 nitrogen and oxygen atoms in total. The van der Waals surface area contributed by atoms with Crippen LogP contribution >= 0.6 is 11.6 Å². The van der Waals surface area contributed by atoms with E-state index in [0.29, 0.717) is 5.03 Å². The molecule has 0 spiro atoms. The Morgan fingerprint density at radius 1 is 1.69 bits per heavy atom. The lowest BCUT2D eigenvalue weighted by atomic mass is 10.4. The van der Waals surface area contributed by atoms with Crippen LogP contribution in [0.1, 0.15) is 10.5 Å². The normalized spacial score (nSPS) is 9.62. The first-order chi connectivity index (χ1) is 6.11. The van der Waals surface area contributed by atoms with E-state index in [1.165, 1.54) is 0 Å². The highest BCUT2D eigenvalue weighted by Gasteiger charge is 2.14. The van der Waals surface area contributed by atoms with Crippen LogP contribution in [0.15, 0.2) is 16.2 Å². The molecule has 13 heavy (non-hydrogen) atoms. The summed E-state index contributed by atoms with van der Waals surface area (Å²) in [5, 5.41) is 9.26. The van der Waals surface area contributed by atoms with Crippen molar-refractivity contribution in [1.29, 1.82) is 0 Å². The van der Waals surface area contributed by atoms with Gasteiger partial charge in [0.05, 0.1) is 6.54 Å². The zero-order chi connectivity index (χ0) is 9.84. The smallest absolute Gasteiger partial charge is 0.277 e. The monoisotopic (exact) mass is 202 g/mol. The average Bonchev–Trinajstić information content (AvgIpc) is 2.47. The van der Waals surface area contributed by atoms with E-state index in [2.05, 4.69) is 26.8 Å². The Morgan fingerprint density at radius 2 is 2.38 bits per heavy atom. The summed E-state index contributed by atoms with van der Waals surface area (Å²) < 4.78 is 4.23. The molecule has 0 aromatic carbocycles. The van der Waals surface area contributed by atoms with E-state index in [9.17, 15) is 4.79 Å². The Kier molecular flexibility index (Phi) is 2.86. The van der Waals surface area contributed by atoms with Gasteiger partial charge in [0.2, 0.25) is 11.5 Å². The summed E-state index contributed by atoms with van der Waals surface area (Å²) in [5.74, 6) is -0.557. The van der Waals surface area contributed by atoms with Crippen molar-refractivity contribution < 1.29 is 9.42 Å². The minimum absolute atomic E-state index is 0.0575. The number of hydrogen-bond donors (Lipinski definition) is 2. The number of aromatic nitrogens is 2. The van der Waals surface area contributed by atoms with Gasteiger partial charge < -0.3 is 11.1 Å². The van der Waals surface area contributed by atoms with Crippen LogP contribution in [0.5, 0.6) is 0 Å². The maximum absolute atomic E-state index is 11.2. The third kappa shape index (κ3) is 2.45. The Morgan fingerprint density at radius 3 is 2.85 bits per heavy atom. The fourth-order valence-electron chi connectivity index (χ4n) is 0.613. The van der Waals surface area contributed by atoms with E-state index >= 15 is 0 Å². The van der Waals surface area contributed by atoms with Gasteiger partial charge in [0.25, 0.3) is 5.91 Å². The maximum Gasteiger partial charge on any atom is 0.277 e. The zero-order valence-corrected chi connectivity index (χ0v) is 7.34. The molecule has 1 aromatic heterocycles. The number of carbonyl (C=O) groups is 1. The molecular weight excluding hydrogens is 196 g/mol. The van der Waals surface area contributed by atoms with Gasteiger partial charge in [-0.2, -0.15) is 0 Å². The summed E-state index contributed by atoms with van der Waals surface area (Å²) in [7, 11) is 0. The van der Waals surface area contributed by atoms with Crippen molar-refractivity contribution in [1.82, 2.24) is 15.6 Å². The van der Waals surface area contributed by atoms with Crippen molar-refractivity contribution in [3.63, 3.8) is 0 Å². The highest BCUT2D eigenvalue weighted by Crippen LogP contribution is 2.03. The third-order valence-corrected chi connectivity index (χ3v) is 1.30. The van der Waals surface area contributed by atoms with Crippen LogP contribution in [0.4, 0.5) is 5.82 Å². The van der Waals surface area contributed by atoms with Crippen LogP contribution in [-0.4, -0.2) is 22.8 Å². The quantitative estimate of drug-likeness (QED) is 0.727. The van der Waals surface area contributed by atoms with Gasteiger partial charge in [-0.25, -0.2) is 4.63 Å². The van der Waals surface area contributed by atoms with Gasteiger partial charge in [0.15, 0.2) is 0 Å². The van der Waals surface area contributed by atoms with Gasteiger partial charge in [-0.15, -0.1) is 0 Å². The van der Waals surface area contributed by atoms with E-state index < -0.39 is 5.91 Å². The van der Waals surface area contributed by atoms with Crippen molar-refractivity contribution >= 4 is 23.3 Å². The fourth-order valence-corrected chi connectivity index (χ4v) is 0.680. The van der Waals surface area contributed by atoms with Crippen molar-refractivity contribution in [2.75, 3.05) is 12.3 Å². The highest BCUT2D eigenvalue weighted by molar-refractivity contribution is 6.29. The lowest BCUT2D eigenvalue weighted by molar-refractivity contribution is 0.0948. The second-order valence-corrected chi connectivity index (χ2v) is 2.73. The number of hydrogen-bond acceptors (Lipinski definition) is 5. The summed E-state index contributed by atoms with van der Waals surface area (Å²) in [6, 6.07) is 0. The molecule has 1 heterocycles. The van der Waals surface area contributed by atoms with Crippen molar-refractivity contribution in [2.24, 2.45) is 0 Å². The largest absolute Gasteiger partial charge is 0.379 e. The van der Waals surface area contributed by atoms with E-state index in [4.69, 9.17) is 17.3 Å². The van der Waals surface area contributed by atoms with Crippen LogP contribution in [0.2, 0.25) is 0 Å². The van der Waals surface area contributed by atoms with E-state index in [0.717, 1.165) is 0 Å². The highest BCUT2D eigenvalue weighted by atomic mass is 35.5. The number of anilines is 1. The lowest BCUT2D eigenvalue weighted by Crippen LogP contribution is -2.25. The second-order valence-electron chi connectivity index (χ2n) is 2.20. The molecule has 0 saturated heterocycles. The van der Waals surface area contributed by atoms with E-state index in [-0.39, 0.29) is 18.1 Å². The van der Waals surface area contributed by atoms with E-state index in [1.54, 1.807) is 0 Å². The number of rotatable bonds is 3. The molecule has 3 N–H and O–H groups in total. The Hall–Kier alpha value is -1.56. The predicted octanol–water partition coefficient (Wildman–Crippen LogP) is 0.134. The predicted molar refractivity (Wildman–Crippen MR) is 46.0 cm³/mol. The minimum Gasteiger partial charge on any atom is -0.379 e. The molecule has 0 atom stereocenters. The molecule has 0 fully saturated rings. The third-order valence-electron chi connectivity index (χ3n) is 1.17. The van der Waals surface area contributed by atoms with Crippen molar-refractivity contribution in [3.8, 4) is 0 Å². The topological polar surface area (TPSA) is 94.0 Å². The molecule has 1 rings (SSSR count). The number of carbonyl (C=O) groups excluding carboxylic acids is 1. The molecule has 0 aliphatic heterocycles. The van der Waals surface area contributed by atoms with Gasteiger partial charge >= 0.3 is 0 Å². The second kappa shape index (κ2) is 3.90. The minimum atomic E-state index is -0.499. The molecule has 0 aliphatic rings. The summed E-state index contributed by atoms with van der Waals surface area (Å²) in [5.41, 5.74) is 5.21. The van der Waals surface area contributed by atoms with Gasteiger partial charge in [-0.3, -0.25) is 4.79 Å². The summed E-state index contributed by atoms with van der Waals surface area (Å²) >= 11 is 5.42. The zero-order valence-electron chi connectivity index (χ0n) is 6.58. The number of nitrogens with zero attached hydrogens (tertiary/aromatic N) is 2. The molecular formula is C6H7ClN4O2. The summed E-state index contributed by atoms with van der Waals surface area (Å²) in [4.78, 5) is 11.2. The standard InChI is InChI=1S/C6H7ClN4O2/c1-3(7)2-9-6(12)4-5(8)11-13-10-4/h1-2H2,(H2,8,11)(H,9,12). The molecule has 0 saturated carbocycles. The molecule has 1 amide bonds. The van der Waals surface area contributed by atoms with Gasteiger partial charge in [-0.05, 0) is 10.3 Å². The first kappa shape index (κ1) is 9.53. The van der Waals surface area contributed by atoms with Crippen LogP contribution < -0.4 is 11.1 Å². The van der Waals surface area contributed by atoms with Crippen LogP contribution in [0.3, 0.4) is 0 Å². The maximum atomic E-state index is 11.2. The molecule has 0 radical (unpaired) electrons. The Bertz CT molecular complexity index is 335. The van der Waals surface area contributed by atoms with Crippen molar-refractivity contribution in [3.05, 3.63) is 17.3 Å². The van der Waals surface area contributed by atoms with Crippen LogP contribution in [-0.2, 0) is 0 Å². The van der Waals surface area contributed by atoms with Gasteiger partial charge in [0, 0.05) is 5.03 Å². The van der Waals surface area contributed by atoms with Crippen molar-refractivity contribution in [2.45, 2.75) is 0 Å². The lowest BCUT2D eigenvalue weighted by Gasteiger charge is -1.99. The molecule has 0 unspecified atom stereocenters. The van der Waals surface area contributed by atoms with Gasteiger partial charge in [0.1, 0.15) is 0 Å². The number of halogens is 1. The molecule has 7 heteroatoms. The van der Waals surface area contributed by atoms with E-state index in [1.807, 2.05) is 0 Å². The van der Waals surface area contributed by atoms with Crippen LogP contribution in [0, 0.1) is 0 Å². The Balaban J connectivity index is 2.59. The number of nitrogens with two attached hydrogens (primary N) is 1. The average molecular weight is 203 g/mol. The number of nitrogen functional groups attached to an aromatic ring is 1. The number of nitrogens with one attached hydrogen (secondary N) is 1. The molecule has 0 aliphatic carbocycles. The fraction of sp³-hybridized carbons (Fsp3) is 0.167. The molecule has 70 valence electrons. The number of amides is 1. The van der Waals surface area contributed by atoms with Crippen LogP contribution in [0.25, 0.3) is 0 Å². The SMILES string of the molecule is C=C(Cl)CNC(=O)c1nonc1N. The molecule has 0 bridgehead atoms. The van der Waals surface area contributed by atoms with Gasteiger partial charge in [-0.1, -0.05) is 18.2 Å². The first-order valence-corrected chi connectivity index (χ1v) is 3.68. The summed E-state index contributed by atoms with van der Waals surface area (Å²) in [6.07, 6.45) is 0.